The molecule has 0 radical (unpaired) electrons. The highest BCUT2D eigenvalue weighted by Gasteiger charge is 2.39. The fraction of sp³-hybridized carbons (Fsp3) is 0.381. The van der Waals surface area contributed by atoms with Crippen molar-refractivity contribution in [1.82, 2.24) is 19.3 Å². The molecule has 12 heteroatoms. The Balaban J connectivity index is 1.82. The second kappa shape index (κ2) is 8.27. The zero-order valence-electron chi connectivity index (χ0n) is 17.6. The number of fused-ring (bicyclic) bond motifs is 1. The van der Waals surface area contributed by atoms with Crippen LogP contribution in [0.25, 0.3) is 22.4 Å². The number of nitrogens with zero attached hydrogens (tertiary/aromatic N) is 4. The number of sulfonamides is 1. The molecular weight excluding hydrogens is 479 g/mol. The number of nitriles is 1. The van der Waals surface area contributed by atoms with Gasteiger partial charge in [-0.15, -0.1) is 0 Å². The van der Waals surface area contributed by atoms with E-state index in [0.717, 1.165) is 42.7 Å². The molecule has 1 aliphatic rings. The third-order valence-electron chi connectivity index (χ3n) is 5.81. The standard InChI is InChI=1S/C21H19ClF3N5O2S/c1-11-6-18-15(7-17(11)22)16(8-26)19(30(18)13-4-3-5-13)20-27-9-14(10-28-20)33(31,32)29-12(2)21(23,24)25/h6-7,9-10,12-13,29H,3-5H2,1-2H3. The first-order valence-corrected chi connectivity index (χ1v) is 12.0. The van der Waals surface area contributed by atoms with Crippen molar-refractivity contribution in [2.24, 2.45) is 0 Å². The van der Waals surface area contributed by atoms with Crippen molar-refractivity contribution in [3.63, 3.8) is 0 Å². The van der Waals surface area contributed by atoms with Crippen molar-refractivity contribution in [1.29, 1.82) is 5.26 Å². The molecular formula is C21H19ClF3N5O2S. The van der Waals surface area contributed by atoms with Gasteiger partial charge in [0, 0.05) is 16.5 Å². The van der Waals surface area contributed by atoms with E-state index < -0.39 is 27.1 Å². The summed E-state index contributed by atoms with van der Waals surface area (Å²) < 4.78 is 66.6. The number of benzene rings is 1. The summed E-state index contributed by atoms with van der Waals surface area (Å²) in [5.74, 6) is 0.103. The molecule has 2 heterocycles. The minimum atomic E-state index is -4.74. The molecule has 1 fully saturated rings. The second-order valence-corrected chi connectivity index (χ2v) is 10.2. The van der Waals surface area contributed by atoms with Crippen LogP contribution in [0.15, 0.2) is 29.4 Å². The lowest BCUT2D eigenvalue weighted by atomic mass is 9.92. The average molecular weight is 498 g/mol. The highest BCUT2D eigenvalue weighted by atomic mass is 35.5. The maximum absolute atomic E-state index is 12.8. The number of nitrogens with one attached hydrogen (secondary N) is 1. The molecule has 1 aromatic carbocycles. The van der Waals surface area contributed by atoms with E-state index in [0.29, 0.717) is 28.6 Å². The van der Waals surface area contributed by atoms with E-state index in [9.17, 15) is 26.9 Å². The Morgan fingerprint density at radius 1 is 1.27 bits per heavy atom. The van der Waals surface area contributed by atoms with Gasteiger partial charge in [0.15, 0.2) is 5.82 Å². The Morgan fingerprint density at radius 2 is 1.91 bits per heavy atom. The molecule has 1 N–H and O–H groups in total. The number of aromatic nitrogens is 3. The fourth-order valence-corrected chi connectivity index (χ4v) is 5.02. The van der Waals surface area contributed by atoms with E-state index in [1.807, 2.05) is 17.6 Å². The molecule has 0 spiro atoms. The van der Waals surface area contributed by atoms with Gasteiger partial charge in [-0.3, -0.25) is 0 Å². The summed E-state index contributed by atoms with van der Waals surface area (Å²) in [7, 11) is -4.50. The minimum Gasteiger partial charge on any atom is -0.334 e. The van der Waals surface area contributed by atoms with Crippen LogP contribution in [0.2, 0.25) is 5.02 Å². The molecule has 4 rings (SSSR count). The van der Waals surface area contributed by atoms with Gasteiger partial charge in [0.1, 0.15) is 22.7 Å². The molecule has 1 unspecified atom stereocenters. The van der Waals surface area contributed by atoms with E-state index in [-0.39, 0.29) is 11.9 Å². The molecule has 33 heavy (non-hydrogen) atoms. The molecule has 1 saturated carbocycles. The largest absolute Gasteiger partial charge is 0.404 e. The Hall–Kier alpha value is -2.68. The van der Waals surface area contributed by atoms with Gasteiger partial charge in [-0.05, 0) is 50.8 Å². The number of rotatable bonds is 5. The molecule has 1 aliphatic carbocycles. The number of hydrogen-bond donors (Lipinski definition) is 1. The van der Waals surface area contributed by atoms with Crippen LogP contribution in [0.3, 0.4) is 0 Å². The van der Waals surface area contributed by atoms with Crippen LogP contribution >= 0.6 is 11.6 Å². The van der Waals surface area contributed by atoms with Gasteiger partial charge >= 0.3 is 6.18 Å². The van der Waals surface area contributed by atoms with Crippen LogP contribution in [0.4, 0.5) is 13.2 Å². The molecule has 0 amide bonds. The van der Waals surface area contributed by atoms with Crippen molar-refractivity contribution in [3.8, 4) is 17.6 Å². The van der Waals surface area contributed by atoms with Crippen LogP contribution in [-0.4, -0.2) is 35.2 Å². The summed E-state index contributed by atoms with van der Waals surface area (Å²) in [5, 5.41) is 11.0. The van der Waals surface area contributed by atoms with Gasteiger partial charge in [-0.2, -0.15) is 23.2 Å². The van der Waals surface area contributed by atoms with Crippen LogP contribution < -0.4 is 4.72 Å². The highest BCUT2D eigenvalue weighted by molar-refractivity contribution is 7.89. The Kier molecular flexibility index (Phi) is 5.88. The number of aryl methyl sites for hydroxylation is 1. The zero-order valence-corrected chi connectivity index (χ0v) is 19.2. The van der Waals surface area contributed by atoms with Crippen molar-refractivity contribution < 1.29 is 21.6 Å². The third kappa shape index (κ3) is 4.18. The van der Waals surface area contributed by atoms with Crippen molar-refractivity contribution in [2.75, 3.05) is 0 Å². The van der Waals surface area contributed by atoms with Crippen LogP contribution in [-0.2, 0) is 10.0 Å². The van der Waals surface area contributed by atoms with Crippen molar-refractivity contribution >= 4 is 32.5 Å². The first-order chi connectivity index (χ1) is 15.4. The second-order valence-electron chi connectivity index (χ2n) is 8.04. The summed E-state index contributed by atoms with van der Waals surface area (Å²) >= 11 is 6.29. The maximum atomic E-state index is 12.8. The van der Waals surface area contributed by atoms with Crippen LogP contribution in [0.5, 0.6) is 0 Å². The molecule has 174 valence electrons. The number of alkyl halides is 3. The van der Waals surface area contributed by atoms with E-state index in [2.05, 4.69) is 16.0 Å². The summed E-state index contributed by atoms with van der Waals surface area (Å²) in [4.78, 5) is 7.73. The predicted octanol–water partition coefficient (Wildman–Crippen LogP) is 4.89. The van der Waals surface area contributed by atoms with Crippen molar-refractivity contribution in [2.45, 2.75) is 56.3 Å². The fourth-order valence-electron chi connectivity index (χ4n) is 3.74. The topological polar surface area (TPSA) is 101 Å². The maximum Gasteiger partial charge on any atom is 0.404 e. The Labute approximate surface area is 193 Å². The van der Waals surface area contributed by atoms with Crippen LogP contribution in [0, 0.1) is 18.3 Å². The summed E-state index contributed by atoms with van der Waals surface area (Å²) in [6, 6.07) is 3.62. The van der Waals surface area contributed by atoms with E-state index in [4.69, 9.17) is 11.6 Å². The van der Waals surface area contributed by atoms with Gasteiger partial charge in [-0.25, -0.2) is 18.4 Å². The van der Waals surface area contributed by atoms with E-state index in [1.165, 1.54) is 0 Å². The van der Waals surface area contributed by atoms with Gasteiger partial charge in [0.2, 0.25) is 10.0 Å². The monoisotopic (exact) mass is 497 g/mol. The quantitative estimate of drug-likeness (QED) is 0.541. The van der Waals surface area contributed by atoms with Crippen LogP contribution in [0.1, 0.15) is 43.4 Å². The molecule has 0 bridgehead atoms. The lowest BCUT2D eigenvalue weighted by Gasteiger charge is -2.29. The van der Waals surface area contributed by atoms with E-state index >= 15 is 0 Å². The molecule has 2 aromatic heterocycles. The first-order valence-electron chi connectivity index (χ1n) is 10.1. The lowest BCUT2D eigenvalue weighted by Crippen LogP contribution is -2.43. The molecule has 0 aliphatic heterocycles. The normalized spacial score (nSPS) is 15.9. The summed E-state index contributed by atoms with van der Waals surface area (Å²) in [6.45, 7) is 2.56. The zero-order chi connectivity index (χ0) is 24.1. The minimum absolute atomic E-state index is 0.103. The van der Waals surface area contributed by atoms with Gasteiger partial charge < -0.3 is 4.57 Å². The smallest absolute Gasteiger partial charge is 0.334 e. The molecule has 0 saturated heterocycles. The average Bonchev–Trinajstić information content (AvgIpc) is 2.99. The van der Waals surface area contributed by atoms with Gasteiger partial charge in [0.05, 0.1) is 23.5 Å². The van der Waals surface area contributed by atoms with Gasteiger partial charge in [0.25, 0.3) is 0 Å². The highest BCUT2D eigenvalue weighted by Crippen LogP contribution is 2.42. The Morgan fingerprint density at radius 3 is 2.42 bits per heavy atom. The van der Waals surface area contributed by atoms with Gasteiger partial charge in [-0.1, -0.05) is 11.6 Å². The summed E-state index contributed by atoms with van der Waals surface area (Å²) in [5.41, 5.74) is 2.37. The predicted molar refractivity (Wildman–Crippen MR) is 116 cm³/mol. The van der Waals surface area contributed by atoms with E-state index in [1.54, 1.807) is 10.8 Å². The SMILES string of the molecule is Cc1cc2c(cc1Cl)c(C#N)c(-c1ncc(S(=O)(=O)NC(C)C(F)(F)F)cn1)n2C1CCC1. The number of hydrogen-bond acceptors (Lipinski definition) is 5. The third-order valence-corrected chi connectivity index (χ3v) is 7.71. The first kappa shape index (κ1) is 23.5. The number of halogens is 4. The summed E-state index contributed by atoms with van der Waals surface area (Å²) in [6.07, 6.45) is -0.0338. The van der Waals surface area contributed by atoms with Crippen molar-refractivity contribution in [3.05, 3.63) is 40.7 Å². The molecule has 1 atom stereocenters. The Bertz CT molecular complexity index is 1370. The lowest BCUT2D eigenvalue weighted by molar-refractivity contribution is -0.147. The molecule has 7 nitrogen and oxygen atoms in total. The molecule has 3 aromatic rings.